The van der Waals surface area contributed by atoms with Crippen molar-refractivity contribution in [1.82, 2.24) is 13.9 Å². The highest BCUT2D eigenvalue weighted by Crippen LogP contribution is 2.21. The summed E-state index contributed by atoms with van der Waals surface area (Å²) in [5, 5.41) is 2.96. The van der Waals surface area contributed by atoms with Crippen LogP contribution in [0.3, 0.4) is 0 Å². The fraction of sp³-hybridized carbons (Fsp3) is 0.588. The number of benzene rings is 1. The summed E-state index contributed by atoms with van der Waals surface area (Å²) >= 11 is 0. The van der Waals surface area contributed by atoms with E-state index in [2.05, 4.69) is 5.32 Å². The Labute approximate surface area is 150 Å². The molecule has 1 amide bonds. The van der Waals surface area contributed by atoms with Gasteiger partial charge in [0, 0.05) is 59.4 Å². The van der Waals surface area contributed by atoms with E-state index >= 15 is 0 Å². The van der Waals surface area contributed by atoms with Crippen molar-refractivity contribution in [2.75, 3.05) is 46.2 Å². The van der Waals surface area contributed by atoms with Crippen molar-refractivity contribution < 1.29 is 13.2 Å². The third kappa shape index (κ3) is 4.93. The number of carbonyl (C=O) groups is 1. The molecule has 1 heterocycles. The number of amides is 1. The van der Waals surface area contributed by atoms with Crippen LogP contribution >= 0.6 is 0 Å². The van der Waals surface area contributed by atoms with E-state index in [1.54, 1.807) is 0 Å². The predicted molar refractivity (Wildman–Crippen MR) is 99.5 cm³/mol. The van der Waals surface area contributed by atoms with E-state index in [1.165, 1.54) is 22.7 Å². The van der Waals surface area contributed by atoms with Gasteiger partial charge in [0.1, 0.15) is 0 Å². The van der Waals surface area contributed by atoms with Gasteiger partial charge in [-0.15, -0.1) is 0 Å². The SMILES string of the molecule is CN(C)c1ccc(CNC(=O)C2CCN(S(=O)(=O)N(C)C)CC2)cc1. The second kappa shape index (κ2) is 8.16. The molecule has 0 radical (unpaired) electrons. The molecule has 1 aromatic carbocycles. The van der Waals surface area contributed by atoms with Gasteiger partial charge in [-0.1, -0.05) is 12.1 Å². The average Bonchev–Trinajstić information content (AvgIpc) is 2.60. The number of nitrogens with zero attached hydrogens (tertiary/aromatic N) is 3. The van der Waals surface area contributed by atoms with Crippen molar-refractivity contribution in [1.29, 1.82) is 0 Å². The van der Waals surface area contributed by atoms with Crippen LogP contribution in [0.15, 0.2) is 24.3 Å². The summed E-state index contributed by atoms with van der Waals surface area (Å²) in [7, 11) is 3.63. The maximum Gasteiger partial charge on any atom is 0.281 e. The van der Waals surface area contributed by atoms with Crippen LogP contribution in [0.2, 0.25) is 0 Å². The lowest BCUT2D eigenvalue weighted by Crippen LogP contribution is -2.46. The molecule has 0 aromatic heterocycles. The van der Waals surface area contributed by atoms with Crippen LogP contribution in [-0.2, 0) is 21.5 Å². The molecular weight excluding hydrogens is 340 g/mol. The smallest absolute Gasteiger partial charge is 0.281 e. The molecule has 2 rings (SSSR count). The maximum atomic E-state index is 12.3. The minimum Gasteiger partial charge on any atom is -0.378 e. The number of hydrogen-bond acceptors (Lipinski definition) is 4. The van der Waals surface area contributed by atoms with E-state index in [1.807, 2.05) is 43.3 Å². The lowest BCUT2D eigenvalue weighted by atomic mass is 9.97. The van der Waals surface area contributed by atoms with Gasteiger partial charge in [-0.2, -0.15) is 17.0 Å². The molecule has 0 aliphatic carbocycles. The Morgan fingerprint density at radius 3 is 2.16 bits per heavy atom. The highest BCUT2D eigenvalue weighted by atomic mass is 32.2. The summed E-state index contributed by atoms with van der Waals surface area (Å²) in [6.07, 6.45) is 1.11. The van der Waals surface area contributed by atoms with E-state index in [9.17, 15) is 13.2 Å². The predicted octanol–water partition coefficient (Wildman–Crippen LogP) is 0.887. The molecule has 25 heavy (non-hydrogen) atoms. The molecule has 140 valence electrons. The van der Waals surface area contributed by atoms with Crippen LogP contribution in [0.25, 0.3) is 0 Å². The number of hydrogen-bond donors (Lipinski definition) is 1. The molecule has 1 aliphatic rings. The molecule has 0 spiro atoms. The molecular formula is C17H28N4O3S. The van der Waals surface area contributed by atoms with Crippen molar-refractivity contribution in [2.45, 2.75) is 19.4 Å². The molecule has 7 nitrogen and oxygen atoms in total. The van der Waals surface area contributed by atoms with Gasteiger partial charge in [0.05, 0.1) is 0 Å². The minimum atomic E-state index is -3.38. The monoisotopic (exact) mass is 368 g/mol. The first kappa shape index (κ1) is 19.7. The number of carbonyl (C=O) groups excluding carboxylic acids is 1. The van der Waals surface area contributed by atoms with Gasteiger partial charge in [0.15, 0.2) is 0 Å². The average molecular weight is 369 g/mol. The topological polar surface area (TPSA) is 73.0 Å². The van der Waals surface area contributed by atoms with Crippen LogP contribution in [0.1, 0.15) is 18.4 Å². The minimum absolute atomic E-state index is 0.00131. The number of piperidine rings is 1. The number of nitrogens with one attached hydrogen (secondary N) is 1. The summed E-state index contributed by atoms with van der Waals surface area (Å²) in [6, 6.07) is 8.04. The Morgan fingerprint density at radius 2 is 1.68 bits per heavy atom. The normalized spacial score (nSPS) is 16.8. The third-order valence-corrected chi connectivity index (χ3v) is 6.47. The first-order valence-corrected chi connectivity index (χ1v) is 9.83. The van der Waals surface area contributed by atoms with E-state index < -0.39 is 10.2 Å². The van der Waals surface area contributed by atoms with Crippen LogP contribution in [-0.4, -0.2) is 64.2 Å². The van der Waals surface area contributed by atoms with Crippen molar-refractivity contribution in [3.05, 3.63) is 29.8 Å². The summed E-state index contributed by atoms with van der Waals surface area (Å²) in [5.74, 6) is -0.131. The third-order valence-electron chi connectivity index (χ3n) is 4.53. The second-order valence-corrected chi connectivity index (χ2v) is 8.88. The molecule has 0 unspecified atom stereocenters. The fourth-order valence-electron chi connectivity index (χ4n) is 2.83. The van der Waals surface area contributed by atoms with E-state index in [0.717, 1.165) is 11.3 Å². The summed E-state index contributed by atoms with van der Waals surface area (Å²) in [6.45, 7) is 1.26. The van der Waals surface area contributed by atoms with Gasteiger partial charge in [-0.05, 0) is 30.5 Å². The Morgan fingerprint density at radius 1 is 1.12 bits per heavy atom. The van der Waals surface area contributed by atoms with Gasteiger partial charge in [-0.25, -0.2) is 0 Å². The van der Waals surface area contributed by atoms with Crippen LogP contribution < -0.4 is 10.2 Å². The van der Waals surface area contributed by atoms with E-state index in [0.29, 0.717) is 32.5 Å². The number of anilines is 1. The van der Waals surface area contributed by atoms with Gasteiger partial charge in [-0.3, -0.25) is 4.79 Å². The van der Waals surface area contributed by atoms with Crippen molar-refractivity contribution >= 4 is 21.8 Å². The van der Waals surface area contributed by atoms with Gasteiger partial charge in [0.25, 0.3) is 10.2 Å². The number of rotatable bonds is 6. The zero-order valence-corrected chi connectivity index (χ0v) is 16.2. The summed E-state index contributed by atoms with van der Waals surface area (Å²) in [5.41, 5.74) is 2.16. The molecule has 0 atom stereocenters. The molecule has 0 saturated carbocycles. The molecule has 8 heteroatoms. The Kier molecular flexibility index (Phi) is 6.42. The highest BCUT2D eigenvalue weighted by molar-refractivity contribution is 7.86. The maximum absolute atomic E-state index is 12.3. The summed E-state index contributed by atoms with van der Waals surface area (Å²) in [4.78, 5) is 14.4. The van der Waals surface area contributed by atoms with E-state index in [4.69, 9.17) is 0 Å². The van der Waals surface area contributed by atoms with Gasteiger partial charge < -0.3 is 10.2 Å². The first-order valence-electron chi connectivity index (χ1n) is 8.43. The summed E-state index contributed by atoms with van der Waals surface area (Å²) < 4.78 is 26.8. The lowest BCUT2D eigenvalue weighted by molar-refractivity contribution is -0.126. The van der Waals surface area contributed by atoms with E-state index in [-0.39, 0.29) is 11.8 Å². The zero-order valence-electron chi connectivity index (χ0n) is 15.4. The molecule has 1 N–H and O–H groups in total. The van der Waals surface area contributed by atoms with Gasteiger partial charge >= 0.3 is 0 Å². The van der Waals surface area contributed by atoms with Crippen LogP contribution in [0.5, 0.6) is 0 Å². The van der Waals surface area contributed by atoms with Crippen LogP contribution in [0, 0.1) is 5.92 Å². The first-order chi connectivity index (χ1) is 11.7. The standard InChI is InChI=1S/C17H28N4O3S/c1-19(2)16-7-5-14(6-8-16)13-18-17(22)15-9-11-21(12-10-15)25(23,24)20(3)4/h5-8,15H,9-13H2,1-4H3,(H,18,22). The van der Waals surface area contributed by atoms with Crippen molar-refractivity contribution in [3.63, 3.8) is 0 Å². The highest BCUT2D eigenvalue weighted by Gasteiger charge is 2.32. The van der Waals surface area contributed by atoms with Gasteiger partial charge in [0.2, 0.25) is 5.91 Å². The zero-order chi connectivity index (χ0) is 18.6. The molecule has 0 bridgehead atoms. The molecule has 1 aromatic rings. The lowest BCUT2D eigenvalue weighted by Gasteiger charge is -2.32. The Bertz CT molecular complexity index is 678. The second-order valence-electron chi connectivity index (χ2n) is 6.74. The largest absolute Gasteiger partial charge is 0.378 e. The Balaban J connectivity index is 1.83. The molecule has 1 fully saturated rings. The Hall–Kier alpha value is -1.64. The van der Waals surface area contributed by atoms with Crippen molar-refractivity contribution in [3.8, 4) is 0 Å². The molecule has 1 saturated heterocycles. The molecule has 1 aliphatic heterocycles. The fourth-order valence-corrected chi connectivity index (χ4v) is 3.96. The van der Waals surface area contributed by atoms with Crippen molar-refractivity contribution in [2.24, 2.45) is 5.92 Å². The van der Waals surface area contributed by atoms with Crippen LogP contribution in [0.4, 0.5) is 5.69 Å². The quantitative estimate of drug-likeness (QED) is 0.809.